The van der Waals surface area contributed by atoms with Crippen LogP contribution in [-0.2, 0) is 10.3 Å². The summed E-state index contributed by atoms with van der Waals surface area (Å²) in [4.78, 5) is 0.419. The quantitative estimate of drug-likeness (QED) is 0.630. The lowest BCUT2D eigenvalue weighted by Crippen LogP contribution is -2.06. The highest BCUT2D eigenvalue weighted by atomic mass is 35.5. The summed E-state index contributed by atoms with van der Waals surface area (Å²) < 4.78 is 20.8. The first-order valence-electron chi connectivity index (χ1n) is 3.26. The Labute approximate surface area is 78.9 Å². The highest BCUT2D eigenvalue weighted by Crippen LogP contribution is 2.05. The second-order valence-corrected chi connectivity index (χ2v) is 3.22. The van der Waals surface area contributed by atoms with Crippen LogP contribution < -0.4 is 5.73 Å². The number of allylic oxidation sites excluding steroid dienone is 2. The van der Waals surface area contributed by atoms with Crippen LogP contribution in [0.2, 0.25) is 0 Å². The van der Waals surface area contributed by atoms with Gasteiger partial charge in [0.25, 0.3) is 0 Å². The molecular weight excluding hydrogens is 198 g/mol. The van der Waals surface area contributed by atoms with Crippen molar-refractivity contribution in [3.63, 3.8) is 0 Å². The Morgan fingerprint density at radius 3 is 2.42 bits per heavy atom. The van der Waals surface area contributed by atoms with Gasteiger partial charge in [-0.3, -0.25) is 0 Å². The zero-order valence-corrected chi connectivity index (χ0v) is 7.99. The summed E-state index contributed by atoms with van der Waals surface area (Å²) in [5.41, 5.74) is 6.33. The van der Waals surface area contributed by atoms with E-state index in [2.05, 4.69) is 0 Å². The van der Waals surface area contributed by atoms with Crippen LogP contribution in [0, 0.1) is 0 Å². The van der Waals surface area contributed by atoms with Gasteiger partial charge in [0.05, 0.1) is 4.86 Å². The molecule has 3 nitrogen and oxygen atoms in total. The fraction of sp³-hybridized carbons (Fsp3) is 0.286. The number of nitrogens with two attached hydrogens (primary N) is 1. The normalized spacial score (nSPS) is 15.1. The zero-order chi connectivity index (χ0) is 8.27. The third kappa shape index (κ3) is 2.81. The van der Waals surface area contributed by atoms with E-state index in [1.165, 1.54) is 0 Å². The monoisotopic (exact) mass is 207 g/mol. The number of rotatable bonds is 1. The molecule has 0 aromatic carbocycles. The SMILES string of the molecule is Cl.NCC1=CCC(=S(=O)=O)C=C1. The van der Waals surface area contributed by atoms with Crippen molar-refractivity contribution in [3.05, 3.63) is 23.8 Å². The summed E-state index contributed by atoms with van der Waals surface area (Å²) in [6.45, 7) is 0.468. The van der Waals surface area contributed by atoms with Gasteiger partial charge in [-0.05, 0) is 11.6 Å². The van der Waals surface area contributed by atoms with Crippen molar-refractivity contribution < 1.29 is 8.42 Å². The van der Waals surface area contributed by atoms with E-state index in [-0.39, 0.29) is 12.4 Å². The van der Waals surface area contributed by atoms with Gasteiger partial charge in [-0.2, -0.15) is 8.42 Å². The molecule has 0 aromatic rings. The maximum atomic E-state index is 10.4. The van der Waals surface area contributed by atoms with Gasteiger partial charge >= 0.3 is 0 Å². The molecule has 0 amide bonds. The number of halogens is 1. The lowest BCUT2D eigenvalue weighted by atomic mass is 10.1. The van der Waals surface area contributed by atoms with Crippen LogP contribution in [0.25, 0.3) is 0 Å². The van der Waals surface area contributed by atoms with Crippen LogP contribution >= 0.6 is 12.4 Å². The first-order chi connectivity index (χ1) is 5.24. The van der Waals surface area contributed by atoms with Crippen LogP contribution in [0.4, 0.5) is 0 Å². The van der Waals surface area contributed by atoms with E-state index in [4.69, 9.17) is 5.73 Å². The summed E-state index contributed by atoms with van der Waals surface area (Å²) in [7, 11) is -2.07. The van der Waals surface area contributed by atoms with Crippen molar-refractivity contribution in [1.29, 1.82) is 0 Å². The van der Waals surface area contributed by atoms with Gasteiger partial charge in [-0.1, -0.05) is 12.2 Å². The minimum absolute atomic E-state index is 0. The molecule has 1 rings (SSSR count). The molecule has 0 aliphatic heterocycles. The van der Waals surface area contributed by atoms with Crippen LogP contribution in [0.15, 0.2) is 23.8 Å². The second-order valence-electron chi connectivity index (χ2n) is 2.22. The van der Waals surface area contributed by atoms with Crippen LogP contribution in [0.5, 0.6) is 0 Å². The van der Waals surface area contributed by atoms with Gasteiger partial charge in [-0.25, -0.2) is 0 Å². The van der Waals surface area contributed by atoms with E-state index in [1.54, 1.807) is 12.2 Å². The van der Waals surface area contributed by atoms with Crippen LogP contribution in [-0.4, -0.2) is 19.8 Å². The molecule has 0 unspecified atom stereocenters. The fourth-order valence-corrected chi connectivity index (χ4v) is 1.24. The Balaban J connectivity index is 0.00000121. The molecule has 0 radical (unpaired) electrons. The molecule has 0 saturated carbocycles. The van der Waals surface area contributed by atoms with E-state index in [0.717, 1.165) is 5.57 Å². The average molecular weight is 208 g/mol. The molecule has 0 spiro atoms. The van der Waals surface area contributed by atoms with Gasteiger partial charge in [0.15, 0.2) is 0 Å². The number of hydrogen-bond acceptors (Lipinski definition) is 3. The minimum Gasteiger partial charge on any atom is -0.327 e. The highest BCUT2D eigenvalue weighted by molar-refractivity contribution is 7.73. The van der Waals surface area contributed by atoms with Crippen molar-refractivity contribution in [1.82, 2.24) is 0 Å². The predicted octanol–water partition coefficient (Wildman–Crippen LogP) is 0.305. The Bertz CT molecular complexity index is 332. The molecule has 1 aliphatic rings. The Morgan fingerprint density at radius 1 is 1.42 bits per heavy atom. The predicted molar refractivity (Wildman–Crippen MR) is 52.1 cm³/mol. The van der Waals surface area contributed by atoms with E-state index >= 15 is 0 Å². The van der Waals surface area contributed by atoms with E-state index in [1.807, 2.05) is 6.08 Å². The first kappa shape index (κ1) is 11.4. The topological polar surface area (TPSA) is 60.2 Å². The van der Waals surface area contributed by atoms with Crippen molar-refractivity contribution in [2.45, 2.75) is 6.42 Å². The molecule has 5 heteroatoms. The molecule has 0 saturated heterocycles. The lowest BCUT2D eigenvalue weighted by molar-refractivity contribution is 0.627. The largest absolute Gasteiger partial charge is 0.327 e. The van der Waals surface area contributed by atoms with Gasteiger partial charge in [0, 0.05) is 13.0 Å². The molecule has 0 aromatic heterocycles. The van der Waals surface area contributed by atoms with E-state index < -0.39 is 10.3 Å². The Hall–Kier alpha value is -0.580. The summed E-state index contributed by atoms with van der Waals surface area (Å²) in [5.74, 6) is 0. The van der Waals surface area contributed by atoms with Gasteiger partial charge in [0.2, 0.25) is 10.3 Å². The summed E-state index contributed by atoms with van der Waals surface area (Å²) in [6.07, 6.45) is 5.62. The summed E-state index contributed by atoms with van der Waals surface area (Å²) in [6, 6.07) is 0. The summed E-state index contributed by atoms with van der Waals surface area (Å²) >= 11 is 0. The standard InChI is InChI=1S/C7H9NO2S.ClH/c8-5-6-1-3-7(4-2-6)11(9)10;/h1-3H,4-5,8H2;1H. The van der Waals surface area contributed by atoms with Crippen LogP contribution in [0.1, 0.15) is 6.42 Å². The molecule has 0 atom stereocenters. The van der Waals surface area contributed by atoms with Gasteiger partial charge in [-0.15, -0.1) is 12.4 Å². The van der Waals surface area contributed by atoms with Crippen molar-refractivity contribution in [2.24, 2.45) is 5.73 Å². The Morgan fingerprint density at radius 2 is 2.08 bits per heavy atom. The third-order valence-corrected chi connectivity index (χ3v) is 2.23. The second kappa shape index (κ2) is 5.13. The van der Waals surface area contributed by atoms with Gasteiger partial charge in [0.1, 0.15) is 0 Å². The molecule has 1 aliphatic carbocycles. The zero-order valence-electron chi connectivity index (χ0n) is 6.36. The fourth-order valence-electron chi connectivity index (χ4n) is 0.843. The van der Waals surface area contributed by atoms with Gasteiger partial charge < -0.3 is 5.73 Å². The van der Waals surface area contributed by atoms with E-state index in [0.29, 0.717) is 17.8 Å². The molecule has 0 heterocycles. The maximum absolute atomic E-state index is 10.4. The molecule has 68 valence electrons. The molecule has 2 N–H and O–H groups in total. The molecule has 0 bridgehead atoms. The lowest BCUT2D eigenvalue weighted by Gasteiger charge is -2.02. The van der Waals surface area contributed by atoms with Crippen LogP contribution in [0.3, 0.4) is 0 Å². The minimum atomic E-state index is -2.07. The van der Waals surface area contributed by atoms with Crippen molar-refractivity contribution in [2.75, 3.05) is 6.54 Å². The first-order valence-corrected chi connectivity index (χ1v) is 4.34. The van der Waals surface area contributed by atoms with Crippen molar-refractivity contribution >= 4 is 27.6 Å². The average Bonchev–Trinajstić information content (AvgIpc) is 2.05. The molecule has 12 heavy (non-hydrogen) atoms. The Kier molecular flexibility index (Phi) is 4.89. The molecule has 0 fully saturated rings. The molecular formula is C7H10ClNO2S. The summed E-state index contributed by atoms with van der Waals surface area (Å²) in [5, 5.41) is 0. The van der Waals surface area contributed by atoms with E-state index in [9.17, 15) is 8.42 Å². The smallest absolute Gasteiger partial charge is 0.217 e. The third-order valence-electron chi connectivity index (χ3n) is 1.50. The number of hydrogen-bond donors (Lipinski definition) is 1. The van der Waals surface area contributed by atoms with Crippen molar-refractivity contribution in [3.8, 4) is 0 Å². The maximum Gasteiger partial charge on any atom is 0.217 e. The highest BCUT2D eigenvalue weighted by Gasteiger charge is 2.01.